The van der Waals surface area contributed by atoms with Gasteiger partial charge in [-0.05, 0) is 24.3 Å². The highest BCUT2D eigenvalue weighted by atomic mass is 16.6. The molecule has 0 saturated heterocycles. The monoisotopic (exact) mass is 365 g/mol. The Morgan fingerprint density at radius 2 is 1.44 bits per heavy atom. The zero-order valence-electron chi connectivity index (χ0n) is 13.9. The van der Waals surface area contributed by atoms with Gasteiger partial charge in [0.15, 0.2) is 0 Å². The van der Waals surface area contributed by atoms with Crippen molar-refractivity contribution < 1.29 is 9.72 Å². The van der Waals surface area contributed by atoms with Crippen LogP contribution in [0.3, 0.4) is 0 Å². The van der Waals surface area contributed by atoms with Gasteiger partial charge in [0.05, 0.1) is 10.6 Å². The standard InChI is InChI=1S/C17H15N7O3/c25-17(12-7-3-1-4-8-12)23-22-16-14(24(26)27)15(18-11-19-16)21-20-13-9-5-2-6-10-13/h1-11,20H,(H,23,25)(H2,18,19,21,22). The molecule has 10 nitrogen and oxygen atoms in total. The number of amides is 1. The molecule has 0 aliphatic carbocycles. The molecule has 27 heavy (non-hydrogen) atoms. The predicted octanol–water partition coefficient (Wildman–Crippen LogP) is 2.58. The third kappa shape index (κ3) is 4.45. The predicted molar refractivity (Wildman–Crippen MR) is 99.9 cm³/mol. The van der Waals surface area contributed by atoms with E-state index in [1.807, 2.05) is 18.2 Å². The number of carbonyl (C=O) groups is 1. The average Bonchev–Trinajstić information content (AvgIpc) is 2.71. The second-order valence-corrected chi connectivity index (χ2v) is 5.24. The second-order valence-electron chi connectivity index (χ2n) is 5.24. The van der Waals surface area contributed by atoms with Gasteiger partial charge in [0.25, 0.3) is 5.91 Å². The van der Waals surface area contributed by atoms with Crippen LogP contribution in [0.4, 0.5) is 23.0 Å². The lowest BCUT2D eigenvalue weighted by molar-refractivity contribution is -0.383. The zero-order valence-corrected chi connectivity index (χ0v) is 13.9. The van der Waals surface area contributed by atoms with E-state index in [0.29, 0.717) is 11.3 Å². The number of rotatable bonds is 7. The Morgan fingerprint density at radius 3 is 2.07 bits per heavy atom. The van der Waals surface area contributed by atoms with Crippen LogP contribution in [0.2, 0.25) is 0 Å². The summed E-state index contributed by atoms with van der Waals surface area (Å²) in [6.45, 7) is 0. The van der Waals surface area contributed by atoms with Gasteiger partial charge >= 0.3 is 5.69 Å². The summed E-state index contributed by atoms with van der Waals surface area (Å²) in [6.07, 6.45) is 1.14. The smallest absolute Gasteiger partial charge is 0.299 e. The Kier molecular flexibility index (Phi) is 5.38. The molecule has 3 rings (SSSR count). The first-order chi connectivity index (χ1) is 13.1. The zero-order chi connectivity index (χ0) is 19.1. The first-order valence-electron chi connectivity index (χ1n) is 7.83. The van der Waals surface area contributed by atoms with Crippen molar-refractivity contribution in [2.45, 2.75) is 0 Å². The number of anilines is 3. The van der Waals surface area contributed by atoms with Gasteiger partial charge in [-0.25, -0.2) is 9.97 Å². The van der Waals surface area contributed by atoms with E-state index in [4.69, 9.17) is 0 Å². The molecular formula is C17H15N7O3. The van der Waals surface area contributed by atoms with Crippen LogP contribution < -0.4 is 21.7 Å². The van der Waals surface area contributed by atoms with E-state index >= 15 is 0 Å². The number of hydrazine groups is 2. The summed E-state index contributed by atoms with van der Waals surface area (Å²) in [6, 6.07) is 17.4. The third-order valence-corrected chi connectivity index (χ3v) is 3.43. The Morgan fingerprint density at radius 1 is 0.852 bits per heavy atom. The molecule has 0 radical (unpaired) electrons. The number of hydrogen-bond acceptors (Lipinski definition) is 8. The SMILES string of the molecule is O=C(NNc1ncnc(NNc2ccccc2)c1[N+](=O)[O-])c1ccccc1. The van der Waals surface area contributed by atoms with Crippen molar-refractivity contribution >= 4 is 28.9 Å². The van der Waals surface area contributed by atoms with Gasteiger partial charge in [-0.15, -0.1) is 0 Å². The van der Waals surface area contributed by atoms with Crippen LogP contribution in [0.25, 0.3) is 0 Å². The molecule has 136 valence electrons. The highest BCUT2D eigenvalue weighted by molar-refractivity contribution is 5.95. The second kappa shape index (κ2) is 8.25. The van der Waals surface area contributed by atoms with E-state index in [-0.39, 0.29) is 11.6 Å². The molecule has 1 heterocycles. The summed E-state index contributed by atoms with van der Waals surface area (Å²) in [7, 11) is 0. The molecule has 0 unspecified atom stereocenters. The molecule has 0 bridgehead atoms. The lowest BCUT2D eigenvalue weighted by Crippen LogP contribution is -2.30. The van der Waals surface area contributed by atoms with Crippen molar-refractivity contribution in [1.29, 1.82) is 0 Å². The summed E-state index contributed by atoms with van der Waals surface area (Å²) < 4.78 is 0. The fourth-order valence-corrected chi connectivity index (χ4v) is 2.17. The van der Waals surface area contributed by atoms with Gasteiger partial charge in [-0.3, -0.25) is 36.6 Å². The minimum absolute atomic E-state index is 0.0599. The molecule has 10 heteroatoms. The maximum atomic E-state index is 12.1. The largest absolute Gasteiger partial charge is 0.356 e. The molecule has 0 spiro atoms. The van der Waals surface area contributed by atoms with Crippen molar-refractivity contribution in [2.24, 2.45) is 0 Å². The quantitative estimate of drug-likeness (QED) is 0.371. The fourth-order valence-electron chi connectivity index (χ4n) is 2.17. The number of aromatic nitrogens is 2. The third-order valence-electron chi connectivity index (χ3n) is 3.43. The molecule has 1 aromatic heterocycles. The number of nitro groups is 1. The number of benzene rings is 2. The molecule has 0 atom stereocenters. The number of nitrogens with one attached hydrogen (secondary N) is 4. The lowest BCUT2D eigenvalue weighted by atomic mass is 10.2. The van der Waals surface area contributed by atoms with E-state index < -0.39 is 16.5 Å². The van der Waals surface area contributed by atoms with Crippen LogP contribution in [0, 0.1) is 10.1 Å². The Balaban J connectivity index is 1.75. The van der Waals surface area contributed by atoms with E-state index in [2.05, 4.69) is 31.7 Å². The minimum atomic E-state index is -0.647. The van der Waals surface area contributed by atoms with Crippen LogP contribution in [0.1, 0.15) is 10.4 Å². The summed E-state index contributed by atoms with van der Waals surface area (Å²) >= 11 is 0. The summed E-state index contributed by atoms with van der Waals surface area (Å²) in [5.74, 6) is -0.674. The van der Waals surface area contributed by atoms with E-state index in [9.17, 15) is 14.9 Å². The molecule has 0 fully saturated rings. The molecule has 2 aromatic carbocycles. The molecule has 0 saturated carbocycles. The van der Waals surface area contributed by atoms with E-state index in [1.165, 1.54) is 0 Å². The lowest BCUT2D eigenvalue weighted by Gasteiger charge is -2.12. The van der Waals surface area contributed by atoms with Crippen LogP contribution in [-0.2, 0) is 0 Å². The highest BCUT2D eigenvalue weighted by Crippen LogP contribution is 2.28. The van der Waals surface area contributed by atoms with Crippen LogP contribution >= 0.6 is 0 Å². The summed E-state index contributed by atoms with van der Waals surface area (Å²) in [5, 5.41) is 11.5. The highest BCUT2D eigenvalue weighted by Gasteiger charge is 2.23. The van der Waals surface area contributed by atoms with Crippen molar-refractivity contribution in [2.75, 3.05) is 16.3 Å². The Bertz CT molecular complexity index is 936. The van der Waals surface area contributed by atoms with Crippen molar-refractivity contribution in [1.82, 2.24) is 15.4 Å². The number of nitrogens with zero attached hydrogens (tertiary/aromatic N) is 3. The topological polar surface area (TPSA) is 134 Å². The summed E-state index contributed by atoms with van der Waals surface area (Å²) in [4.78, 5) is 30.6. The Hall–Kier alpha value is -4.21. The molecule has 4 N–H and O–H groups in total. The van der Waals surface area contributed by atoms with E-state index in [1.54, 1.807) is 42.5 Å². The first kappa shape index (κ1) is 17.6. The molecular weight excluding hydrogens is 350 g/mol. The molecule has 0 aliphatic heterocycles. The normalized spacial score (nSPS) is 9.93. The molecule has 1 amide bonds. The van der Waals surface area contributed by atoms with Crippen molar-refractivity contribution in [3.63, 3.8) is 0 Å². The van der Waals surface area contributed by atoms with Gasteiger partial charge in [-0.1, -0.05) is 36.4 Å². The average molecular weight is 365 g/mol. The first-order valence-corrected chi connectivity index (χ1v) is 7.83. The maximum absolute atomic E-state index is 12.1. The molecule has 3 aromatic rings. The summed E-state index contributed by atoms with van der Waals surface area (Å²) in [5.41, 5.74) is 11.0. The molecule has 0 aliphatic rings. The van der Waals surface area contributed by atoms with Gasteiger partial charge in [0, 0.05) is 5.56 Å². The maximum Gasteiger partial charge on any atom is 0.356 e. The number of para-hydroxylation sites is 1. The van der Waals surface area contributed by atoms with Gasteiger partial charge in [0.1, 0.15) is 6.33 Å². The number of hydrogen-bond donors (Lipinski definition) is 4. The van der Waals surface area contributed by atoms with Crippen molar-refractivity contribution in [3.05, 3.63) is 82.7 Å². The van der Waals surface area contributed by atoms with Gasteiger partial charge in [0.2, 0.25) is 11.6 Å². The van der Waals surface area contributed by atoms with Gasteiger partial charge < -0.3 is 0 Å². The van der Waals surface area contributed by atoms with Crippen LogP contribution in [-0.4, -0.2) is 20.8 Å². The number of carbonyl (C=O) groups excluding carboxylic acids is 1. The van der Waals surface area contributed by atoms with E-state index in [0.717, 1.165) is 6.33 Å². The van der Waals surface area contributed by atoms with Gasteiger partial charge in [-0.2, -0.15) is 0 Å². The van der Waals surface area contributed by atoms with Crippen LogP contribution in [0.15, 0.2) is 67.0 Å². The fraction of sp³-hybridized carbons (Fsp3) is 0. The Labute approximate surface area is 153 Å². The van der Waals surface area contributed by atoms with Crippen LogP contribution in [0.5, 0.6) is 0 Å². The van der Waals surface area contributed by atoms with Crippen molar-refractivity contribution in [3.8, 4) is 0 Å². The minimum Gasteiger partial charge on any atom is -0.299 e.